The van der Waals surface area contributed by atoms with Crippen LogP contribution in [0, 0.1) is 12.8 Å². The van der Waals surface area contributed by atoms with Crippen molar-refractivity contribution in [3.05, 3.63) is 17.0 Å². The van der Waals surface area contributed by atoms with Crippen molar-refractivity contribution in [1.82, 2.24) is 24.9 Å². The Morgan fingerprint density at radius 1 is 1.50 bits per heavy atom. The first-order valence-electron chi connectivity index (χ1n) is 6.35. The molecule has 2 rings (SSSR count). The molecule has 7 nitrogen and oxygen atoms in total. The van der Waals surface area contributed by atoms with Crippen LogP contribution in [0.4, 0.5) is 5.82 Å². The second-order valence-corrected chi connectivity index (χ2v) is 5.26. The van der Waals surface area contributed by atoms with Gasteiger partial charge in [0.1, 0.15) is 17.3 Å². The lowest BCUT2D eigenvalue weighted by Crippen LogP contribution is -2.33. The van der Waals surface area contributed by atoms with Gasteiger partial charge in [0.05, 0.1) is 6.54 Å². The first kappa shape index (κ1) is 14.5. The molecule has 0 aliphatic heterocycles. The smallest absolute Gasteiger partial charge is 0.255 e. The fraction of sp³-hybridized carbons (Fsp3) is 0.500. The zero-order valence-corrected chi connectivity index (χ0v) is 12.4. The molecule has 2 heterocycles. The number of fused-ring (bicyclic) bond motifs is 1. The van der Waals surface area contributed by atoms with Gasteiger partial charge in [0.15, 0.2) is 0 Å². The van der Waals surface area contributed by atoms with E-state index in [2.05, 4.69) is 25.7 Å². The Bertz CT molecular complexity index is 624. The number of aromatic nitrogens is 4. The molecule has 20 heavy (non-hydrogen) atoms. The van der Waals surface area contributed by atoms with Crippen LogP contribution in [0.3, 0.4) is 0 Å². The van der Waals surface area contributed by atoms with Crippen LogP contribution in [0.1, 0.15) is 19.4 Å². The van der Waals surface area contributed by atoms with Crippen molar-refractivity contribution in [2.24, 2.45) is 5.92 Å². The lowest BCUT2D eigenvalue weighted by molar-refractivity contribution is -0.119. The minimum atomic E-state index is -0.0840. The number of carbonyl (C=O) groups excluding carboxylic acids is 1. The van der Waals surface area contributed by atoms with Crippen LogP contribution in [-0.2, 0) is 4.79 Å². The minimum absolute atomic E-state index is 0.0840. The number of hydrogen-bond acceptors (Lipinski definition) is 5. The van der Waals surface area contributed by atoms with E-state index in [-0.39, 0.29) is 12.5 Å². The zero-order valence-electron chi connectivity index (χ0n) is 11.6. The van der Waals surface area contributed by atoms with Crippen molar-refractivity contribution >= 4 is 29.1 Å². The van der Waals surface area contributed by atoms with E-state index in [0.29, 0.717) is 29.2 Å². The van der Waals surface area contributed by atoms with Crippen LogP contribution < -0.4 is 10.6 Å². The third-order valence-corrected chi connectivity index (χ3v) is 3.10. The number of anilines is 1. The summed E-state index contributed by atoms with van der Waals surface area (Å²) in [4.78, 5) is 19.8. The molecule has 2 aromatic rings. The van der Waals surface area contributed by atoms with Gasteiger partial charge < -0.3 is 10.6 Å². The van der Waals surface area contributed by atoms with Gasteiger partial charge in [0.25, 0.3) is 5.78 Å². The number of hydrogen-bond donors (Lipinski definition) is 2. The predicted molar refractivity (Wildman–Crippen MR) is 76.9 cm³/mol. The first-order valence-corrected chi connectivity index (χ1v) is 6.73. The number of nitrogens with zero attached hydrogens (tertiary/aromatic N) is 4. The average Bonchev–Trinajstić information content (AvgIpc) is 2.84. The lowest BCUT2D eigenvalue weighted by atomic mass is 10.2. The van der Waals surface area contributed by atoms with Gasteiger partial charge in [-0.15, -0.1) is 0 Å². The Balaban J connectivity index is 2.11. The summed E-state index contributed by atoms with van der Waals surface area (Å²) < 4.78 is 1.52. The van der Waals surface area contributed by atoms with E-state index in [4.69, 9.17) is 11.6 Å². The number of nitrogens with one attached hydrogen (secondary N) is 2. The van der Waals surface area contributed by atoms with Gasteiger partial charge in [-0.1, -0.05) is 25.4 Å². The maximum Gasteiger partial charge on any atom is 0.255 e. The van der Waals surface area contributed by atoms with Crippen LogP contribution in [0.5, 0.6) is 0 Å². The van der Waals surface area contributed by atoms with E-state index in [0.717, 1.165) is 5.56 Å². The fourth-order valence-electron chi connectivity index (χ4n) is 1.65. The molecular weight excluding hydrogens is 280 g/mol. The number of rotatable bonds is 5. The molecule has 2 N–H and O–H groups in total. The summed E-state index contributed by atoms with van der Waals surface area (Å²) >= 11 is 6.03. The predicted octanol–water partition coefficient (Wildman–Crippen LogP) is 1.27. The summed E-state index contributed by atoms with van der Waals surface area (Å²) in [6.45, 7) is 6.68. The first-order chi connectivity index (χ1) is 9.49. The van der Waals surface area contributed by atoms with Gasteiger partial charge in [-0.05, 0) is 12.8 Å². The molecule has 0 spiro atoms. The van der Waals surface area contributed by atoms with Crippen LogP contribution >= 0.6 is 11.6 Å². The Morgan fingerprint density at radius 3 is 2.95 bits per heavy atom. The largest absolute Gasteiger partial charge is 0.361 e. The molecule has 0 atom stereocenters. The topological polar surface area (TPSA) is 84.2 Å². The van der Waals surface area contributed by atoms with Crippen molar-refractivity contribution < 1.29 is 4.79 Å². The molecule has 0 bridgehead atoms. The Hall–Kier alpha value is -1.89. The molecule has 108 valence electrons. The van der Waals surface area contributed by atoms with Gasteiger partial charge >= 0.3 is 0 Å². The second-order valence-electron chi connectivity index (χ2n) is 4.90. The zero-order chi connectivity index (χ0) is 14.7. The summed E-state index contributed by atoms with van der Waals surface area (Å²) in [5.74, 6) is 1.35. The fourth-order valence-corrected chi connectivity index (χ4v) is 1.81. The van der Waals surface area contributed by atoms with Crippen molar-refractivity contribution in [3.63, 3.8) is 0 Å². The molecule has 0 radical (unpaired) electrons. The maximum absolute atomic E-state index is 11.7. The maximum atomic E-state index is 11.7. The van der Waals surface area contributed by atoms with Gasteiger partial charge in [0.2, 0.25) is 5.91 Å². The highest BCUT2D eigenvalue weighted by Gasteiger charge is 2.13. The summed E-state index contributed by atoms with van der Waals surface area (Å²) in [7, 11) is 0. The van der Waals surface area contributed by atoms with Gasteiger partial charge in [-0.25, -0.2) is 0 Å². The van der Waals surface area contributed by atoms with E-state index < -0.39 is 0 Å². The molecule has 0 saturated heterocycles. The van der Waals surface area contributed by atoms with E-state index in [1.165, 1.54) is 10.8 Å². The van der Waals surface area contributed by atoms with E-state index in [1.54, 1.807) is 0 Å². The molecule has 0 unspecified atom stereocenters. The minimum Gasteiger partial charge on any atom is -0.361 e. The van der Waals surface area contributed by atoms with Crippen LogP contribution in [0.25, 0.3) is 5.78 Å². The third-order valence-electron chi connectivity index (χ3n) is 2.73. The van der Waals surface area contributed by atoms with E-state index >= 15 is 0 Å². The van der Waals surface area contributed by atoms with E-state index in [9.17, 15) is 4.79 Å². The SMILES string of the molecule is Cc1c(Cl)nc2ncnn2c1NCC(=O)NCC(C)C. The van der Waals surface area contributed by atoms with Crippen LogP contribution in [0.2, 0.25) is 5.15 Å². The molecule has 0 aliphatic rings. The Labute approximate surface area is 121 Å². The third kappa shape index (κ3) is 3.16. The van der Waals surface area contributed by atoms with Gasteiger partial charge in [-0.2, -0.15) is 19.6 Å². The van der Waals surface area contributed by atoms with Gasteiger partial charge in [-0.3, -0.25) is 4.79 Å². The van der Waals surface area contributed by atoms with E-state index in [1.807, 2.05) is 20.8 Å². The molecule has 8 heteroatoms. The number of halogens is 1. The summed E-state index contributed by atoms with van der Waals surface area (Å²) in [5, 5.41) is 10.3. The molecule has 2 aromatic heterocycles. The van der Waals surface area contributed by atoms with Crippen molar-refractivity contribution in [2.75, 3.05) is 18.4 Å². The molecule has 0 aromatic carbocycles. The molecule has 0 saturated carbocycles. The average molecular weight is 297 g/mol. The molecular formula is C12H17ClN6O. The Kier molecular flexibility index (Phi) is 4.39. The normalized spacial score (nSPS) is 11.1. The second kappa shape index (κ2) is 6.04. The van der Waals surface area contributed by atoms with Crippen LogP contribution in [-0.4, -0.2) is 38.6 Å². The standard InChI is InChI=1S/C12H17ClN6O/c1-7(2)4-14-9(20)5-15-11-8(3)10(13)18-12-16-6-17-19(11)12/h6-7,15H,4-5H2,1-3H3,(H,14,20). The van der Waals surface area contributed by atoms with Crippen molar-refractivity contribution in [1.29, 1.82) is 0 Å². The monoisotopic (exact) mass is 296 g/mol. The van der Waals surface area contributed by atoms with Crippen LogP contribution in [0.15, 0.2) is 6.33 Å². The van der Waals surface area contributed by atoms with Crippen molar-refractivity contribution in [3.8, 4) is 0 Å². The quantitative estimate of drug-likeness (QED) is 0.812. The molecule has 0 aliphatic carbocycles. The highest BCUT2D eigenvalue weighted by Crippen LogP contribution is 2.21. The lowest BCUT2D eigenvalue weighted by Gasteiger charge is -2.12. The number of amides is 1. The van der Waals surface area contributed by atoms with Crippen molar-refractivity contribution in [2.45, 2.75) is 20.8 Å². The molecule has 0 fully saturated rings. The number of carbonyl (C=O) groups is 1. The summed E-state index contributed by atoms with van der Waals surface area (Å²) in [6.07, 6.45) is 1.39. The van der Waals surface area contributed by atoms with Gasteiger partial charge in [0, 0.05) is 12.1 Å². The molecule has 1 amide bonds. The highest BCUT2D eigenvalue weighted by atomic mass is 35.5. The highest BCUT2D eigenvalue weighted by molar-refractivity contribution is 6.30. The summed E-state index contributed by atoms with van der Waals surface area (Å²) in [5.41, 5.74) is 0.723. The Morgan fingerprint density at radius 2 is 2.25 bits per heavy atom. The summed E-state index contributed by atoms with van der Waals surface area (Å²) in [6, 6.07) is 0.